The van der Waals surface area contributed by atoms with E-state index in [0.29, 0.717) is 23.2 Å². The lowest BCUT2D eigenvalue weighted by Gasteiger charge is -2.07. The first-order chi connectivity index (χ1) is 12.2. The Labute approximate surface area is 146 Å². The van der Waals surface area contributed by atoms with E-state index in [9.17, 15) is 4.79 Å². The van der Waals surface area contributed by atoms with Gasteiger partial charge in [0.2, 0.25) is 5.88 Å². The minimum Gasteiger partial charge on any atom is -0.476 e. The molecule has 0 atom stereocenters. The van der Waals surface area contributed by atoms with Crippen LogP contribution in [0.5, 0.6) is 5.88 Å². The number of hydrogen-bond acceptors (Lipinski definition) is 3. The van der Waals surface area contributed by atoms with Crippen molar-refractivity contribution in [2.45, 2.75) is 6.92 Å². The van der Waals surface area contributed by atoms with Crippen molar-refractivity contribution in [1.29, 1.82) is 0 Å². The van der Waals surface area contributed by atoms with Gasteiger partial charge in [-0.1, -0.05) is 60.7 Å². The van der Waals surface area contributed by atoms with Crippen molar-refractivity contribution in [3.05, 3.63) is 92.8 Å². The van der Waals surface area contributed by atoms with Gasteiger partial charge in [-0.2, -0.15) is 0 Å². The number of benzene rings is 2. The largest absolute Gasteiger partial charge is 0.476 e. The average molecular weight is 332 g/mol. The van der Waals surface area contributed by atoms with Gasteiger partial charge in [-0.3, -0.25) is 4.79 Å². The Hall–Kier alpha value is -3.14. The van der Waals surface area contributed by atoms with E-state index in [0.717, 1.165) is 11.1 Å². The molecule has 1 aromatic heterocycles. The maximum atomic E-state index is 12.7. The summed E-state index contributed by atoms with van der Waals surface area (Å²) >= 11 is 0. The molecule has 0 N–H and O–H groups in total. The van der Waals surface area contributed by atoms with Crippen LogP contribution in [0, 0.1) is 0 Å². The fraction of sp³-hybridized carbons (Fsp3) is 0.143. The zero-order valence-electron chi connectivity index (χ0n) is 14.3. The summed E-state index contributed by atoms with van der Waals surface area (Å²) in [5.74, 6) is 0.454. The van der Waals surface area contributed by atoms with Crippen molar-refractivity contribution in [2.75, 3.05) is 6.61 Å². The van der Waals surface area contributed by atoms with Crippen LogP contribution in [0.1, 0.15) is 18.1 Å². The molecule has 0 aliphatic heterocycles. The molecule has 4 heteroatoms. The van der Waals surface area contributed by atoms with Crippen LogP contribution in [-0.2, 0) is 7.05 Å². The number of ether oxygens (including phenoxy) is 1. The second-order valence-corrected chi connectivity index (χ2v) is 5.59. The SMILES string of the molecule is CCOc1n/c(=C\c2ccccc2)c(=O)n(C)/c1=C\c1ccccc1. The predicted octanol–water partition coefficient (Wildman–Crippen LogP) is 1.84. The summed E-state index contributed by atoms with van der Waals surface area (Å²) in [6, 6.07) is 19.5. The maximum absolute atomic E-state index is 12.7. The molecular weight excluding hydrogens is 312 g/mol. The maximum Gasteiger partial charge on any atom is 0.276 e. The summed E-state index contributed by atoms with van der Waals surface area (Å²) in [5, 5.41) is 1.02. The molecule has 0 aliphatic carbocycles. The van der Waals surface area contributed by atoms with E-state index >= 15 is 0 Å². The van der Waals surface area contributed by atoms with Crippen LogP contribution in [0.25, 0.3) is 12.2 Å². The third kappa shape index (κ3) is 3.86. The fourth-order valence-corrected chi connectivity index (χ4v) is 2.55. The Kier molecular flexibility index (Phi) is 5.09. The lowest BCUT2D eigenvalue weighted by Crippen LogP contribution is -2.44. The van der Waals surface area contributed by atoms with E-state index in [4.69, 9.17) is 4.74 Å². The van der Waals surface area contributed by atoms with Crippen LogP contribution in [-0.4, -0.2) is 16.2 Å². The smallest absolute Gasteiger partial charge is 0.276 e. The summed E-state index contributed by atoms with van der Waals surface area (Å²) in [6.45, 7) is 2.38. The fourth-order valence-electron chi connectivity index (χ4n) is 2.55. The predicted molar refractivity (Wildman–Crippen MR) is 99.9 cm³/mol. The van der Waals surface area contributed by atoms with Gasteiger partial charge in [0, 0.05) is 7.05 Å². The average Bonchev–Trinajstić information content (AvgIpc) is 2.64. The zero-order valence-corrected chi connectivity index (χ0v) is 14.3. The van der Waals surface area contributed by atoms with Crippen LogP contribution >= 0.6 is 0 Å². The van der Waals surface area contributed by atoms with E-state index < -0.39 is 0 Å². The second-order valence-electron chi connectivity index (χ2n) is 5.59. The van der Waals surface area contributed by atoms with Gasteiger partial charge in [-0.15, -0.1) is 0 Å². The van der Waals surface area contributed by atoms with Crippen LogP contribution in [0.2, 0.25) is 0 Å². The van der Waals surface area contributed by atoms with Gasteiger partial charge in [-0.25, -0.2) is 4.98 Å². The van der Waals surface area contributed by atoms with E-state index in [1.807, 2.05) is 73.7 Å². The van der Waals surface area contributed by atoms with Crippen molar-refractivity contribution in [1.82, 2.24) is 9.55 Å². The minimum absolute atomic E-state index is 0.158. The summed E-state index contributed by atoms with van der Waals surface area (Å²) in [4.78, 5) is 17.2. The monoisotopic (exact) mass is 332 g/mol. The number of hydrogen-bond donors (Lipinski definition) is 0. The highest BCUT2D eigenvalue weighted by molar-refractivity contribution is 5.51. The van der Waals surface area contributed by atoms with Crippen LogP contribution in [0.15, 0.2) is 65.5 Å². The standard InChI is InChI=1S/C21H20N2O2/c1-3-25-20-19(15-17-12-8-5-9-13-17)23(2)21(24)18(22-20)14-16-10-6-4-7-11-16/h4-15H,3H2,1-2H3/b18-14-,19-15-. The van der Waals surface area contributed by atoms with Gasteiger partial charge in [0.1, 0.15) is 10.7 Å². The van der Waals surface area contributed by atoms with E-state index in [-0.39, 0.29) is 5.56 Å². The number of rotatable bonds is 4. The molecule has 2 aromatic carbocycles. The Balaban J connectivity index is 2.25. The highest BCUT2D eigenvalue weighted by Crippen LogP contribution is 2.02. The molecule has 0 saturated heterocycles. The summed E-state index contributed by atoms with van der Waals surface area (Å²) < 4.78 is 7.28. The Bertz CT molecular complexity index is 1020. The lowest BCUT2D eigenvalue weighted by atomic mass is 10.2. The second kappa shape index (κ2) is 7.62. The Morgan fingerprint density at radius 1 is 0.960 bits per heavy atom. The molecule has 0 aliphatic rings. The highest BCUT2D eigenvalue weighted by Gasteiger charge is 2.06. The van der Waals surface area contributed by atoms with Crippen molar-refractivity contribution in [2.24, 2.45) is 7.05 Å². The quantitative estimate of drug-likeness (QED) is 0.732. The van der Waals surface area contributed by atoms with Crippen LogP contribution in [0.4, 0.5) is 0 Å². The van der Waals surface area contributed by atoms with E-state index in [1.165, 1.54) is 0 Å². The molecule has 25 heavy (non-hydrogen) atoms. The molecule has 0 bridgehead atoms. The van der Waals surface area contributed by atoms with Gasteiger partial charge in [0.15, 0.2) is 0 Å². The Morgan fingerprint density at radius 3 is 2.08 bits per heavy atom. The van der Waals surface area contributed by atoms with Crippen LogP contribution < -0.4 is 21.0 Å². The van der Waals surface area contributed by atoms with Crippen molar-refractivity contribution >= 4 is 12.2 Å². The Morgan fingerprint density at radius 2 is 1.52 bits per heavy atom. The summed E-state index contributed by atoms with van der Waals surface area (Å²) in [7, 11) is 1.74. The highest BCUT2D eigenvalue weighted by atomic mass is 16.5. The van der Waals surface area contributed by atoms with Crippen molar-refractivity contribution in [3.63, 3.8) is 0 Å². The normalized spacial score (nSPS) is 12.4. The molecule has 0 saturated carbocycles. The van der Waals surface area contributed by atoms with Gasteiger partial charge in [0.25, 0.3) is 5.56 Å². The van der Waals surface area contributed by atoms with Gasteiger partial charge >= 0.3 is 0 Å². The topological polar surface area (TPSA) is 44.1 Å². The molecule has 4 nitrogen and oxygen atoms in total. The minimum atomic E-state index is -0.158. The first-order valence-corrected chi connectivity index (χ1v) is 8.22. The molecular formula is C21H20N2O2. The van der Waals surface area contributed by atoms with Gasteiger partial charge in [-0.05, 0) is 30.2 Å². The zero-order chi connectivity index (χ0) is 17.6. The third-order valence-electron chi connectivity index (χ3n) is 3.81. The van der Waals surface area contributed by atoms with E-state index in [1.54, 1.807) is 17.7 Å². The summed E-state index contributed by atoms with van der Waals surface area (Å²) in [6.07, 6.45) is 3.68. The first kappa shape index (κ1) is 16.7. The van der Waals surface area contributed by atoms with Crippen LogP contribution in [0.3, 0.4) is 0 Å². The molecule has 126 valence electrons. The lowest BCUT2D eigenvalue weighted by molar-refractivity contribution is 0.317. The summed E-state index contributed by atoms with van der Waals surface area (Å²) in [5.41, 5.74) is 1.75. The molecule has 0 radical (unpaired) electrons. The first-order valence-electron chi connectivity index (χ1n) is 8.22. The number of aromatic nitrogens is 2. The molecule has 1 heterocycles. The molecule has 0 fully saturated rings. The van der Waals surface area contributed by atoms with Crippen molar-refractivity contribution < 1.29 is 4.74 Å². The molecule has 3 rings (SSSR count). The van der Waals surface area contributed by atoms with E-state index in [2.05, 4.69) is 4.98 Å². The van der Waals surface area contributed by atoms with Crippen molar-refractivity contribution in [3.8, 4) is 5.88 Å². The molecule has 0 amide bonds. The van der Waals surface area contributed by atoms with Gasteiger partial charge < -0.3 is 9.30 Å². The third-order valence-corrected chi connectivity index (χ3v) is 3.81. The number of nitrogens with zero attached hydrogens (tertiary/aromatic N) is 2. The molecule has 0 spiro atoms. The van der Waals surface area contributed by atoms with Gasteiger partial charge in [0.05, 0.1) is 6.61 Å². The molecule has 0 unspecified atom stereocenters. The molecule has 3 aromatic rings.